The molecule has 2 amide bonds. The van der Waals surface area contributed by atoms with Crippen LogP contribution in [0.5, 0.6) is 0 Å². The van der Waals surface area contributed by atoms with Gasteiger partial charge in [-0.25, -0.2) is 0 Å². The standard InChI is InChI=1S/C21H30N2O2/c1-21(2)13-12-18(16-9-6-7-10-17(16)21)22-19(24)15-23-14-8-4-3-5-11-20(23)25/h6-7,9-10,18H,3-5,8,11-15H2,1-2H3,(H,22,24). The van der Waals surface area contributed by atoms with Gasteiger partial charge in [0.05, 0.1) is 12.6 Å². The third kappa shape index (κ3) is 4.23. The smallest absolute Gasteiger partial charge is 0.240 e. The average Bonchev–Trinajstić information content (AvgIpc) is 2.58. The van der Waals surface area contributed by atoms with Crippen molar-refractivity contribution in [3.8, 4) is 0 Å². The first-order chi connectivity index (χ1) is 12.0. The first-order valence-electron chi connectivity index (χ1n) is 9.64. The molecule has 1 aliphatic carbocycles. The predicted molar refractivity (Wildman–Crippen MR) is 99.3 cm³/mol. The van der Waals surface area contributed by atoms with Gasteiger partial charge in [0.15, 0.2) is 0 Å². The summed E-state index contributed by atoms with van der Waals surface area (Å²) in [6.07, 6.45) is 6.80. The zero-order chi connectivity index (χ0) is 17.9. The van der Waals surface area contributed by atoms with Crippen LogP contribution >= 0.6 is 0 Å². The van der Waals surface area contributed by atoms with Crippen molar-refractivity contribution in [2.75, 3.05) is 13.1 Å². The number of benzene rings is 1. The molecule has 1 unspecified atom stereocenters. The number of nitrogens with zero attached hydrogens (tertiary/aromatic N) is 1. The van der Waals surface area contributed by atoms with Crippen LogP contribution in [0.25, 0.3) is 0 Å². The Labute approximate surface area is 151 Å². The molecule has 0 aromatic heterocycles. The van der Waals surface area contributed by atoms with Gasteiger partial charge in [-0.1, -0.05) is 51.0 Å². The minimum absolute atomic E-state index is 0.0339. The maximum Gasteiger partial charge on any atom is 0.240 e. The van der Waals surface area contributed by atoms with Crippen molar-refractivity contribution in [3.05, 3.63) is 35.4 Å². The Kier molecular flexibility index (Phi) is 5.45. The molecule has 4 heteroatoms. The van der Waals surface area contributed by atoms with Crippen LogP contribution < -0.4 is 5.32 Å². The Balaban J connectivity index is 1.66. The van der Waals surface area contributed by atoms with Crippen molar-refractivity contribution in [2.45, 2.75) is 70.3 Å². The minimum Gasteiger partial charge on any atom is -0.348 e. The zero-order valence-electron chi connectivity index (χ0n) is 15.5. The molecule has 1 fully saturated rings. The van der Waals surface area contributed by atoms with Crippen LogP contribution in [0.3, 0.4) is 0 Å². The number of hydrogen-bond donors (Lipinski definition) is 1. The molecule has 136 valence electrons. The summed E-state index contributed by atoms with van der Waals surface area (Å²) in [7, 11) is 0. The maximum atomic E-state index is 12.6. The van der Waals surface area contributed by atoms with E-state index in [1.165, 1.54) is 11.1 Å². The molecule has 0 bridgehead atoms. The van der Waals surface area contributed by atoms with Gasteiger partial charge in [0.25, 0.3) is 0 Å². The lowest BCUT2D eigenvalue weighted by Gasteiger charge is -2.37. The van der Waals surface area contributed by atoms with E-state index < -0.39 is 0 Å². The molecule has 1 aliphatic heterocycles. The lowest BCUT2D eigenvalue weighted by atomic mass is 9.71. The van der Waals surface area contributed by atoms with Crippen molar-refractivity contribution in [1.29, 1.82) is 0 Å². The van der Waals surface area contributed by atoms with Gasteiger partial charge in [0.2, 0.25) is 11.8 Å². The van der Waals surface area contributed by atoms with Crippen LogP contribution in [0.1, 0.15) is 76.0 Å². The largest absolute Gasteiger partial charge is 0.348 e. The Hall–Kier alpha value is -1.84. The number of carbonyl (C=O) groups is 2. The van der Waals surface area contributed by atoms with Gasteiger partial charge in [-0.2, -0.15) is 0 Å². The minimum atomic E-state index is -0.0339. The Morgan fingerprint density at radius 1 is 1.20 bits per heavy atom. The van der Waals surface area contributed by atoms with Crippen molar-refractivity contribution >= 4 is 11.8 Å². The molecule has 1 atom stereocenters. The number of rotatable bonds is 3. The summed E-state index contributed by atoms with van der Waals surface area (Å²) in [5, 5.41) is 3.18. The van der Waals surface area contributed by atoms with Crippen LogP contribution in [0, 0.1) is 0 Å². The fraction of sp³-hybridized carbons (Fsp3) is 0.619. The topological polar surface area (TPSA) is 49.4 Å². The molecule has 2 aliphatic rings. The molecular weight excluding hydrogens is 312 g/mol. The molecule has 1 saturated heterocycles. The lowest BCUT2D eigenvalue weighted by molar-refractivity contribution is -0.136. The average molecular weight is 342 g/mol. The molecule has 1 heterocycles. The molecule has 0 radical (unpaired) electrons. The molecule has 1 N–H and O–H groups in total. The van der Waals surface area contributed by atoms with E-state index in [4.69, 9.17) is 0 Å². The summed E-state index contributed by atoms with van der Waals surface area (Å²) in [5.74, 6) is 0.0912. The van der Waals surface area contributed by atoms with E-state index >= 15 is 0 Å². The van der Waals surface area contributed by atoms with Gasteiger partial charge in [0.1, 0.15) is 0 Å². The fourth-order valence-corrected chi connectivity index (χ4v) is 4.16. The van der Waals surface area contributed by atoms with Gasteiger partial charge in [-0.05, 0) is 42.2 Å². The molecule has 4 nitrogen and oxygen atoms in total. The number of likely N-dealkylation sites (tertiary alicyclic amines) is 1. The normalized spacial score (nSPS) is 23.4. The van der Waals surface area contributed by atoms with E-state index in [-0.39, 0.29) is 29.8 Å². The lowest BCUT2D eigenvalue weighted by Crippen LogP contribution is -2.44. The summed E-state index contributed by atoms with van der Waals surface area (Å²) in [6, 6.07) is 8.48. The molecule has 1 aromatic carbocycles. The van der Waals surface area contributed by atoms with Crippen molar-refractivity contribution in [2.24, 2.45) is 0 Å². The highest BCUT2D eigenvalue weighted by molar-refractivity contribution is 5.85. The van der Waals surface area contributed by atoms with Gasteiger partial charge in [-0.3, -0.25) is 9.59 Å². The van der Waals surface area contributed by atoms with E-state index in [9.17, 15) is 9.59 Å². The highest BCUT2D eigenvalue weighted by atomic mass is 16.2. The molecule has 25 heavy (non-hydrogen) atoms. The van der Waals surface area contributed by atoms with E-state index in [0.717, 1.165) is 38.5 Å². The summed E-state index contributed by atoms with van der Waals surface area (Å²) in [6.45, 7) is 5.44. The van der Waals surface area contributed by atoms with Gasteiger partial charge in [0, 0.05) is 13.0 Å². The number of nitrogens with one attached hydrogen (secondary N) is 1. The van der Waals surface area contributed by atoms with Gasteiger partial charge < -0.3 is 10.2 Å². The summed E-state index contributed by atoms with van der Waals surface area (Å²) in [5.41, 5.74) is 2.71. The van der Waals surface area contributed by atoms with E-state index in [1.807, 2.05) is 6.07 Å². The second kappa shape index (κ2) is 7.59. The maximum absolute atomic E-state index is 12.6. The third-order valence-corrected chi connectivity index (χ3v) is 5.71. The SMILES string of the molecule is CC1(C)CCC(NC(=O)CN2CCCCCCC2=O)c2ccccc21. The van der Waals surface area contributed by atoms with Gasteiger partial charge in [-0.15, -0.1) is 0 Å². The van der Waals surface area contributed by atoms with Crippen LogP contribution in [-0.2, 0) is 15.0 Å². The summed E-state index contributed by atoms with van der Waals surface area (Å²) >= 11 is 0. The van der Waals surface area contributed by atoms with Crippen LogP contribution in [0.4, 0.5) is 0 Å². The van der Waals surface area contributed by atoms with Crippen molar-refractivity contribution < 1.29 is 9.59 Å². The zero-order valence-corrected chi connectivity index (χ0v) is 15.5. The van der Waals surface area contributed by atoms with Crippen LogP contribution in [0.15, 0.2) is 24.3 Å². The number of fused-ring (bicyclic) bond motifs is 1. The van der Waals surface area contributed by atoms with Crippen LogP contribution in [0.2, 0.25) is 0 Å². The first kappa shape index (κ1) is 18.0. The molecule has 0 saturated carbocycles. The second-order valence-corrected chi connectivity index (χ2v) is 8.11. The summed E-state index contributed by atoms with van der Waals surface area (Å²) < 4.78 is 0. The van der Waals surface area contributed by atoms with Crippen molar-refractivity contribution in [3.63, 3.8) is 0 Å². The molecule has 0 spiro atoms. The Morgan fingerprint density at radius 3 is 2.80 bits per heavy atom. The fourth-order valence-electron chi connectivity index (χ4n) is 4.16. The second-order valence-electron chi connectivity index (χ2n) is 8.11. The van der Waals surface area contributed by atoms with E-state index in [1.54, 1.807) is 4.90 Å². The predicted octanol–water partition coefficient (Wildman–Crippen LogP) is 3.71. The monoisotopic (exact) mass is 342 g/mol. The van der Waals surface area contributed by atoms with E-state index in [2.05, 4.69) is 37.4 Å². The number of carbonyl (C=O) groups excluding carboxylic acids is 2. The van der Waals surface area contributed by atoms with Crippen LogP contribution in [-0.4, -0.2) is 29.8 Å². The first-order valence-corrected chi connectivity index (χ1v) is 9.64. The quantitative estimate of drug-likeness (QED) is 0.910. The molecular formula is C21H30N2O2. The van der Waals surface area contributed by atoms with Crippen molar-refractivity contribution in [1.82, 2.24) is 10.2 Å². The Bertz CT molecular complexity index is 639. The summed E-state index contributed by atoms with van der Waals surface area (Å²) in [4.78, 5) is 26.6. The van der Waals surface area contributed by atoms with Gasteiger partial charge >= 0.3 is 0 Å². The molecule has 1 aromatic rings. The Morgan fingerprint density at radius 2 is 1.96 bits per heavy atom. The highest BCUT2D eigenvalue weighted by Gasteiger charge is 2.33. The molecule has 3 rings (SSSR count). The third-order valence-electron chi connectivity index (χ3n) is 5.71. The van der Waals surface area contributed by atoms with E-state index in [0.29, 0.717) is 13.0 Å². The number of hydrogen-bond acceptors (Lipinski definition) is 2. The number of amides is 2. The highest BCUT2D eigenvalue weighted by Crippen LogP contribution is 2.41.